The minimum absolute atomic E-state index is 0.0518. The Morgan fingerprint density at radius 1 is 1.38 bits per heavy atom. The third-order valence-corrected chi connectivity index (χ3v) is 3.13. The lowest BCUT2D eigenvalue weighted by molar-refractivity contribution is -0.116. The number of nitrogens with one attached hydrogen (secondary N) is 1. The molecule has 0 aliphatic carbocycles. The Kier molecular flexibility index (Phi) is 4.69. The fraction of sp³-hybridized carbons (Fsp3) is 0.154. The molecule has 21 heavy (non-hydrogen) atoms. The van der Waals surface area contributed by atoms with Gasteiger partial charge in [-0.2, -0.15) is 5.10 Å². The second-order valence-corrected chi connectivity index (χ2v) is 5.11. The van der Waals surface area contributed by atoms with Crippen LogP contribution in [0.4, 0.5) is 10.1 Å². The molecule has 2 N–H and O–H groups in total. The van der Waals surface area contributed by atoms with Crippen molar-refractivity contribution in [3.05, 3.63) is 46.4 Å². The van der Waals surface area contributed by atoms with Gasteiger partial charge in [0.25, 0.3) is 0 Å². The first kappa shape index (κ1) is 15.2. The SMILES string of the molecule is O=C(CCn1ccc(C(=O)O)n1)Nc1ccc(Br)cc1F. The quantitative estimate of drug-likeness (QED) is 0.862. The van der Waals surface area contributed by atoms with Crippen molar-refractivity contribution in [2.24, 2.45) is 0 Å². The number of hydrogen-bond donors (Lipinski definition) is 2. The van der Waals surface area contributed by atoms with Crippen molar-refractivity contribution < 1.29 is 19.1 Å². The van der Waals surface area contributed by atoms with Crippen LogP contribution in [0.25, 0.3) is 0 Å². The Morgan fingerprint density at radius 3 is 2.76 bits per heavy atom. The number of amides is 1. The maximum absolute atomic E-state index is 13.5. The number of carbonyl (C=O) groups excluding carboxylic acids is 1. The predicted molar refractivity (Wildman–Crippen MR) is 76.5 cm³/mol. The molecule has 2 rings (SSSR count). The van der Waals surface area contributed by atoms with Gasteiger partial charge in [-0.05, 0) is 24.3 Å². The molecule has 110 valence electrons. The Morgan fingerprint density at radius 2 is 2.14 bits per heavy atom. The number of aryl methyl sites for hydroxylation is 1. The van der Waals surface area contributed by atoms with Crippen molar-refractivity contribution in [1.29, 1.82) is 0 Å². The summed E-state index contributed by atoms with van der Waals surface area (Å²) >= 11 is 3.13. The lowest BCUT2D eigenvalue weighted by Gasteiger charge is -2.06. The number of halogens is 2. The van der Waals surface area contributed by atoms with Crippen LogP contribution in [0, 0.1) is 5.82 Å². The molecule has 1 amide bonds. The van der Waals surface area contributed by atoms with E-state index in [0.29, 0.717) is 4.47 Å². The number of nitrogens with zero attached hydrogens (tertiary/aromatic N) is 2. The zero-order chi connectivity index (χ0) is 15.4. The molecular formula is C13H11BrFN3O3. The highest BCUT2D eigenvalue weighted by molar-refractivity contribution is 9.10. The second-order valence-electron chi connectivity index (χ2n) is 4.19. The predicted octanol–water partition coefficient (Wildman–Crippen LogP) is 2.51. The molecule has 0 saturated heterocycles. The molecule has 0 bridgehead atoms. The molecule has 0 spiro atoms. The van der Waals surface area contributed by atoms with Gasteiger partial charge in [0, 0.05) is 23.6 Å². The molecule has 0 saturated carbocycles. The van der Waals surface area contributed by atoms with E-state index in [-0.39, 0.29) is 30.3 Å². The molecule has 0 aliphatic heterocycles. The smallest absolute Gasteiger partial charge is 0.356 e. The number of hydrogen-bond acceptors (Lipinski definition) is 3. The number of aromatic carboxylic acids is 1. The topological polar surface area (TPSA) is 84.2 Å². The lowest BCUT2D eigenvalue weighted by atomic mass is 10.3. The van der Waals surface area contributed by atoms with Gasteiger partial charge in [-0.3, -0.25) is 9.48 Å². The van der Waals surface area contributed by atoms with Gasteiger partial charge in [0.2, 0.25) is 5.91 Å². The number of carboxylic acids is 1. The van der Waals surface area contributed by atoms with Crippen molar-refractivity contribution in [1.82, 2.24) is 9.78 Å². The van der Waals surface area contributed by atoms with Gasteiger partial charge in [0.1, 0.15) is 5.82 Å². The Bertz CT molecular complexity index is 687. The fourth-order valence-electron chi connectivity index (χ4n) is 1.62. The molecule has 0 atom stereocenters. The van der Waals surface area contributed by atoms with E-state index in [4.69, 9.17) is 5.11 Å². The minimum Gasteiger partial charge on any atom is -0.476 e. The molecule has 2 aromatic rings. The van der Waals surface area contributed by atoms with E-state index in [1.165, 1.54) is 29.1 Å². The average molecular weight is 356 g/mol. The van der Waals surface area contributed by atoms with Gasteiger partial charge in [0.05, 0.1) is 5.69 Å². The van der Waals surface area contributed by atoms with Gasteiger partial charge >= 0.3 is 5.97 Å². The largest absolute Gasteiger partial charge is 0.476 e. The molecule has 1 aromatic heterocycles. The van der Waals surface area contributed by atoms with E-state index in [9.17, 15) is 14.0 Å². The molecule has 0 fully saturated rings. The summed E-state index contributed by atoms with van der Waals surface area (Å²) in [5.41, 5.74) is 0.00394. The molecule has 0 unspecified atom stereocenters. The van der Waals surface area contributed by atoms with Crippen molar-refractivity contribution >= 4 is 33.5 Å². The molecule has 1 heterocycles. The van der Waals surface area contributed by atoms with Crippen LogP contribution in [0.3, 0.4) is 0 Å². The zero-order valence-electron chi connectivity index (χ0n) is 10.7. The van der Waals surface area contributed by atoms with Gasteiger partial charge in [-0.15, -0.1) is 0 Å². The molecule has 6 nitrogen and oxygen atoms in total. The summed E-state index contributed by atoms with van der Waals surface area (Å²) in [5.74, 6) is -2.05. The van der Waals surface area contributed by atoms with Crippen LogP contribution in [0.2, 0.25) is 0 Å². The van der Waals surface area contributed by atoms with Crippen molar-refractivity contribution in [2.75, 3.05) is 5.32 Å². The average Bonchev–Trinajstić information content (AvgIpc) is 2.89. The van der Waals surface area contributed by atoms with E-state index in [0.717, 1.165) is 0 Å². The first-order chi connectivity index (χ1) is 9.95. The van der Waals surface area contributed by atoms with Gasteiger partial charge in [-0.25, -0.2) is 9.18 Å². The number of benzene rings is 1. The van der Waals surface area contributed by atoms with Crippen molar-refractivity contribution in [2.45, 2.75) is 13.0 Å². The second kappa shape index (κ2) is 6.49. The van der Waals surface area contributed by atoms with Crippen LogP contribution < -0.4 is 5.32 Å². The first-order valence-corrected chi connectivity index (χ1v) is 6.76. The minimum atomic E-state index is -1.13. The standard InChI is InChI=1S/C13H11BrFN3O3/c14-8-1-2-10(9(15)7-8)16-12(19)4-6-18-5-3-11(17-18)13(20)21/h1-3,5,7H,4,6H2,(H,16,19)(H,20,21). The Balaban J connectivity index is 1.91. The number of rotatable bonds is 5. The zero-order valence-corrected chi connectivity index (χ0v) is 12.3. The van der Waals surface area contributed by atoms with Gasteiger partial charge in [0.15, 0.2) is 5.69 Å². The lowest BCUT2D eigenvalue weighted by Crippen LogP contribution is -2.15. The monoisotopic (exact) mass is 355 g/mol. The van der Waals surface area contributed by atoms with Crippen molar-refractivity contribution in [3.8, 4) is 0 Å². The number of carboxylic acid groups (broad SMARTS) is 1. The molecular weight excluding hydrogens is 345 g/mol. The summed E-state index contributed by atoms with van der Waals surface area (Å²) in [6.07, 6.45) is 1.52. The van der Waals surface area contributed by atoms with Gasteiger partial charge in [-0.1, -0.05) is 15.9 Å². The Labute approximate surface area is 127 Å². The summed E-state index contributed by atoms with van der Waals surface area (Å²) < 4.78 is 15.5. The maximum Gasteiger partial charge on any atom is 0.356 e. The highest BCUT2D eigenvalue weighted by Gasteiger charge is 2.10. The summed E-state index contributed by atoms with van der Waals surface area (Å²) in [5, 5.41) is 14.9. The van der Waals surface area contributed by atoms with Crippen LogP contribution in [0.15, 0.2) is 34.9 Å². The summed E-state index contributed by atoms with van der Waals surface area (Å²) in [6, 6.07) is 5.66. The van der Waals surface area contributed by atoms with Crippen LogP contribution in [0.5, 0.6) is 0 Å². The van der Waals surface area contributed by atoms with Crippen LogP contribution >= 0.6 is 15.9 Å². The molecule has 8 heteroatoms. The van der Waals surface area contributed by atoms with Crippen LogP contribution in [-0.2, 0) is 11.3 Å². The van der Waals surface area contributed by atoms with Gasteiger partial charge < -0.3 is 10.4 Å². The number of anilines is 1. The first-order valence-electron chi connectivity index (χ1n) is 5.97. The van der Waals surface area contributed by atoms with Crippen molar-refractivity contribution in [3.63, 3.8) is 0 Å². The van der Waals surface area contributed by atoms with E-state index >= 15 is 0 Å². The summed E-state index contributed by atoms with van der Waals surface area (Å²) in [4.78, 5) is 22.4. The normalized spacial score (nSPS) is 10.4. The number of carbonyl (C=O) groups is 2. The van der Waals surface area contributed by atoms with E-state index in [1.807, 2.05) is 0 Å². The highest BCUT2D eigenvalue weighted by Crippen LogP contribution is 2.19. The molecule has 1 aromatic carbocycles. The maximum atomic E-state index is 13.5. The van der Waals surface area contributed by atoms with E-state index < -0.39 is 11.8 Å². The van der Waals surface area contributed by atoms with E-state index in [2.05, 4.69) is 26.3 Å². The number of aromatic nitrogens is 2. The summed E-state index contributed by atoms with van der Waals surface area (Å²) in [6.45, 7) is 0.206. The third kappa shape index (κ3) is 4.12. The van der Waals surface area contributed by atoms with Crippen LogP contribution in [0.1, 0.15) is 16.9 Å². The summed E-state index contributed by atoms with van der Waals surface area (Å²) in [7, 11) is 0. The fourth-order valence-corrected chi connectivity index (χ4v) is 1.95. The van der Waals surface area contributed by atoms with Crippen LogP contribution in [-0.4, -0.2) is 26.8 Å². The third-order valence-electron chi connectivity index (χ3n) is 2.63. The molecule has 0 aliphatic rings. The van der Waals surface area contributed by atoms with E-state index in [1.54, 1.807) is 6.07 Å². The molecule has 0 radical (unpaired) electrons. The Hall–Kier alpha value is -2.22. The highest BCUT2D eigenvalue weighted by atomic mass is 79.9.